The molecule has 50 heavy (non-hydrogen) atoms. The summed E-state index contributed by atoms with van der Waals surface area (Å²) >= 11 is 0. The summed E-state index contributed by atoms with van der Waals surface area (Å²) in [6, 6.07) is 51.3. The van der Waals surface area contributed by atoms with Crippen LogP contribution in [-0.4, -0.2) is 29.1 Å². The molecule has 0 aliphatic carbocycles. The van der Waals surface area contributed by atoms with Gasteiger partial charge in [0.25, 0.3) is 0 Å². The maximum atomic E-state index is 5.15. The fourth-order valence-corrected chi connectivity index (χ4v) is 7.26. The van der Waals surface area contributed by atoms with Gasteiger partial charge in [0.1, 0.15) is 5.82 Å². The zero-order chi connectivity index (χ0) is 33.0. The first-order chi connectivity index (χ1) is 24.8. The number of nitrogens with zero attached hydrogens (tertiary/aromatic N) is 6. The Morgan fingerprint density at radius 1 is 0.360 bits per heavy atom. The normalized spacial score (nSPS) is 11.6. The first-order valence-corrected chi connectivity index (χ1v) is 16.6. The molecule has 6 heteroatoms. The van der Waals surface area contributed by atoms with Gasteiger partial charge in [0.05, 0.1) is 27.8 Å². The molecular weight excluding hydrogens is 613 g/mol. The van der Waals surface area contributed by atoms with Crippen molar-refractivity contribution in [2.75, 3.05) is 0 Å². The number of hydrogen-bond donors (Lipinski definition) is 0. The summed E-state index contributed by atoms with van der Waals surface area (Å²) in [5, 5.41) is 4.81. The monoisotopic (exact) mass is 640 g/mol. The molecule has 234 valence electrons. The van der Waals surface area contributed by atoms with Gasteiger partial charge in [-0.2, -0.15) is 0 Å². The number of pyridine rings is 2. The predicted molar refractivity (Wildman–Crippen MR) is 203 cm³/mol. The van der Waals surface area contributed by atoms with Gasteiger partial charge in [0.2, 0.25) is 0 Å². The Labute approximate surface area is 287 Å². The molecule has 6 nitrogen and oxygen atoms in total. The summed E-state index contributed by atoms with van der Waals surface area (Å²) < 4.78 is 4.61. The third-order valence-electron chi connectivity index (χ3n) is 9.55. The highest BCUT2D eigenvalue weighted by Gasteiger charge is 2.18. The Bertz CT molecular complexity index is 2800. The van der Waals surface area contributed by atoms with Crippen molar-refractivity contribution < 1.29 is 0 Å². The maximum Gasteiger partial charge on any atom is 0.162 e. The van der Waals surface area contributed by atoms with Gasteiger partial charge >= 0.3 is 0 Å². The third kappa shape index (κ3) is 4.50. The van der Waals surface area contributed by atoms with E-state index in [0.717, 1.165) is 44.9 Å². The molecule has 0 aliphatic heterocycles. The molecule has 0 N–H and O–H groups in total. The molecule has 5 aromatic carbocycles. The van der Waals surface area contributed by atoms with Gasteiger partial charge in [-0.25, -0.2) is 9.97 Å². The summed E-state index contributed by atoms with van der Waals surface area (Å²) in [6.07, 6.45) is 7.14. The van der Waals surface area contributed by atoms with Gasteiger partial charge < -0.3 is 4.57 Å². The second-order valence-corrected chi connectivity index (χ2v) is 12.4. The van der Waals surface area contributed by atoms with Crippen molar-refractivity contribution in [2.24, 2.45) is 0 Å². The van der Waals surface area contributed by atoms with Gasteiger partial charge in [-0.05, 0) is 83.9 Å². The number of hydrogen-bond acceptors (Lipinski definition) is 4. The van der Waals surface area contributed by atoms with E-state index < -0.39 is 0 Å². The fraction of sp³-hybridized carbons (Fsp3) is 0. The van der Waals surface area contributed by atoms with Crippen molar-refractivity contribution in [3.8, 4) is 45.3 Å². The van der Waals surface area contributed by atoms with E-state index in [9.17, 15) is 0 Å². The molecule has 5 aromatic heterocycles. The number of rotatable bonds is 5. The van der Waals surface area contributed by atoms with E-state index in [4.69, 9.17) is 9.97 Å². The Hall–Kier alpha value is -6.92. The van der Waals surface area contributed by atoms with Crippen LogP contribution >= 0.6 is 0 Å². The van der Waals surface area contributed by atoms with Gasteiger partial charge in [-0.1, -0.05) is 66.7 Å². The number of aromatic nitrogens is 6. The minimum atomic E-state index is 0.641. The molecular formula is C44H28N6. The molecule has 0 bridgehead atoms. The van der Waals surface area contributed by atoms with Crippen LogP contribution in [0.1, 0.15) is 0 Å². The number of fused-ring (bicyclic) bond motifs is 6. The van der Waals surface area contributed by atoms with Crippen LogP contribution in [0.4, 0.5) is 0 Å². The van der Waals surface area contributed by atoms with Crippen molar-refractivity contribution in [2.45, 2.75) is 0 Å². The average molecular weight is 641 g/mol. The molecule has 0 amide bonds. The highest BCUT2D eigenvalue weighted by molar-refractivity contribution is 6.12. The molecule has 0 saturated carbocycles. The lowest BCUT2D eigenvalue weighted by Gasteiger charge is -2.12. The largest absolute Gasteiger partial charge is 0.309 e. The van der Waals surface area contributed by atoms with E-state index in [0.29, 0.717) is 5.82 Å². The Morgan fingerprint density at radius 3 is 1.52 bits per heavy atom. The molecule has 0 fully saturated rings. The van der Waals surface area contributed by atoms with E-state index >= 15 is 0 Å². The van der Waals surface area contributed by atoms with Crippen molar-refractivity contribution in [3.05, 3.63) is 170 Å². The van der Waals surface area contributed by atoms with E-state index in [1.165, 1.54) is 38.1 Å². The van der Waals surface area contributed by atoms with Crippen molar-refractivity contribution in [3.63, 3.8) is 0 Å². The van der Waals surface area contributed by atoms with Crippen LogP contribution in [0.15, 0.2) is 170 Å². The lowest BCUT2D eigenvalue weighted by Crippen LogP contribution is -2.02. The summed E-state index contributed by atoms with van der Waals surface area (Å²) in [5.41, 5.74) is 10.8. The Balaban J connectivity index is 1.17. The van der Waals surface area contributed by atoms with E-state index in [1.807, 2.05) is 24.3 Å². The van der Waals surface area contributed by atoms with Crippen LogP contribution in [0.2, 0.25) is 0 Å². The zero-order valence-electron chi connectivity index (χ0n) is 26.8. The highest BCUT2D eigenvalue weighted by atomic mass is 15.1. The van der Waals surface area contributed by atoms with E-state index in [-0.39, 0.29) is 0 Å². The molecule has 0 atom stereocenters. The van der Waals surface area contributed by atoms with Crippen molar-refractivity contribution in [1.82, 2.24) is 29.1 Å². The lowest BCUT2D eigenvalue weighted by atomic mass is 10.0. The Kier molecular flexibility index (Phi) is 6.39. The summed E-state index contributed by atoms with van der Waals surface area (Å²) in [6.45, 7) is 0. The number of para-hydroxylation sites is 3. The van der Waals surface area contributed by atoms with Crippen LogP contribution in [0.25, 0.3) is 88.9 Å². The first kappa shape index (κ1) is 28.1. The second kappa shape index (κ2) is 11.4. The van der Waals surface area contributed by atoms with Gasteiger partial charge in [0, 0.05) is 69.2 Å². The molecule has 10 aromatic rings. The molecule has 0 aliphatic rings. The predicted octanol–water partition coefficient (Wildman–Crippen LogP) is 10.5. The van der Waals surface area contributed by atoms with Crippen LogP contribution < -0.4 is 0 Å². The summed E-state index contributed by atoms with van der Waals surface area (Å²) in [5.74, 6) is 1.44. The lowest BCUT2D eigenvalue weighted by molar-refractivity contribution is 1.05. The van der Waals surface area contributed by atoms with Crippen LogP contribution in [0.3, 0.4) is 0 Å². The van der Waals surface area contributed by atoms with Crippen molar-refractivity contribution >= 4 is 43.6 Å². The summed E-state index contributed by atoms with van der Waals surface area (Å²) in [7, 11) is 0. The Morgan fingerprint density at radius 2 is 0.880 bits per heavy atom. The van der Waals surface area contributed by atoms with Gasteiger partial charge in [-0.3, -0.25) is 14.5 Å². The molecule has 0 saturated heterocycles. The van der Waals surface area contributed by atoms with E-state index in [1.54, 1.807) is 24.8 Å². The van der Waals surface area contributed by atoms with Crippen LogP contribution in [0.5, 0.6) is 0 Å². The fourth-order valence-electron chi connectivity index (χ4n) is 7.26. The molecule has 0 radical (unpaired) electrons. The average Bonchev–Trinajstić information content (AvgIpc) is 3.71. The minimum Gasteiger partial charge on any atom is -0.309 e. The highest BCUT2D eigenvalue weighted by Crippen LogP contribution is 2.38. The topological polar surface area (TPSA) is 61.4 Å². The third-order valence-corrected chi connectivity index (χ3v) is 9.55. The SMILES string of the molecule is c1ccc(-n2c3ccccc3c3cc(-c4ccc5c(c4)c4ccccc4n5-c4cc(-c5ccncc5)nc(-c5ccncc5)n4)ccc32)cc1. The molecule has 0 spiro atoms. The van der Waals surface area contributed by atoms with Crippen molar-refractivity contribution in [1.29, 1.82) is 0 Å². The smallest absolute Gasteiger partial charge is 0.162 e. The quantitative estimate of drug-likeness (QED) is 0.188. The maximum absolute atomic E-state index is 5.15. The standard InChI is InChI=1S/C44H28N6/c1-2-8-33(9-3-1)49-39-12-6-4-10-34(39)36-26-31(14-16-41(36)49)32-15-17-42-37(27-32)35-11-5-7-13-40(35)50(42)43-28-38(29-18-22-45-23-19-29)47-44(48-43)30-20-24-46-25-21-30/h1-28H. The van der Waals surface area contributed by atoms with Crippen LogP contribution in [-0.2, 0) is 0 Å². The molecule has 0 unspecified atom stereocenters. The van der Waals surface area contributed by atoms with Gasteiger partial charge in [0.15, 0.2) is 5.82 Å². The first-order valence-electron chi connectivity index (χ1n) is 16.6. The van der Waals surface area contributed by atoms with Crippen LogP contribution in [0, 0.1) is 0 Å². The minimum absolute atomic E-state index is 0.641. The molecule has 10 rings (SSSR count). The number of benzene rings is 5. The van der Waals surface area contributed by atoms with E-state index in [2.05, 4.69) is 140 Å². The second-order valence-electron chi connectivity index (χ2n) is 12.4. The summed E-state index contributed by atoms with van der Waals surface area (Å²) in [4.78, 5) is 18.6. The zero-order valence-corrected chi connectivity index (χ0v) is 26.8. The van der Waals surface area contributed by atoms with Gasteiger partial charge in [-0.15, -0.1) is 0 Å². The molecule has 5 heterocycles.